The Labute approximate surface area is 188 Å². The fourth-order valence-corrected chi connectivity index (χ4v) is 3.90. The highest BCUT2D eigenvalue weighted by molar-refractivity contribution is 6.30. The lowest BCUT2D eigenvalue weighted by molar-refractivity contribution is 0.0443. The number of benzene rings is 1. The van der Waals surface area contributed by atoms with Crippen molar-refractivity contribution in [3.05, 3.63) is 81.9 Å². The summed E-state index contributed by atoms with van der Waals surface area (Å²) >= 11 is 5.96. The van der Waals surface area contributed by atoms with Gasteiger partial charge in [0.15, 0.2) is 11.5 Å². The van der Waals surface area contributed by atoms with E-state index in [1.54, 1.807) is 40.6 Å². The quantitative estimate of drug-likeness (QED) is 0.451. The normalized spacial score (nSPS) is 19.2. The summed E-state index contributed by atoms with van der Waals surface area (Å²) in [5, 5.41) is 15.1. The van der Waals surface area contributed by atoms with Crippen LogP contribution in [0.4, 0.5) is 11.6 Å². The summed E-state index contributed by atoms with van der Waals surface area (Å²) in [6, 6.07) is 12.6. The van der Waals surface area contributed by atoms with Crippen molar-refractivity contribution in [1.82, 2.24) is 24.3 Å². The van der Waals surface area contributed by atoms with Crippen LogP contribution in [0.2, 0.25) is 5.02 Å². The van der Waals surface area contributed by atoms with E-state index in [0.29, 0.717) is 52.9 Å². The molecular formula is C23H21ClN6O2. The van der Waals surface area contributed by atoms with Crippen molar-refractivity contribution in [3.63, 3.8) is 0 Å². The van der Waals surface area contributed by atoms with E-state index in [2.05, 4.69) is 20.3 Å². The molecule has 32 heavy (non-hydrogen) atoms. The van der Waals surface area contributed by atoms with Gasteiger partial charge >= 0.3 is 0 Å². The number of hydrogen-bond acceptors (Lipinski definition) is 6. The van der Waals surface area contributed by atoms with Gasteiger partial charge in [0, 0.05) is 16.9 Å². The molecule has 4 aromatic rings. The van der Waals surface area contributed by atoms with Gasteiger partial charge in [-0.25, -0.2) is 19.3 Å². The summed E-state index contributed by atoms with van der Waals surface area (Å²) in [5.74, 6) is 0.843. The van der Waals surface area contributed by atoms with E-state index in [0.717, 1.165) is 5.69 Å². The highest BCUT2D eigenvalue weighted by atomic mass is 35.5. The van der Waals surface area contributed by atoms with Crippen molar-refractivity contribution < 1.29 is 5.11 Å². The maximum absolute atomic E-state index is 13.2. The van der Waals surface area contributed by atoms with Gasteiger partial charge in [-0.15, -0.1) is 0 Å². The molecule has 0 saturated heterocycles. The number of hydrogen-bond donors (Lipinski definition) is 2. The van der Waals surface area contributed by atoms with Crippen LogP contribution in [0, 0.1) is 0 Å². The lowest BCUT2D eigenvalue weighted by Gasteiger charge is -2.22. The van der Waals surface area contributed by atoms with Crippen LogP contribution in [-0.2, 0) is 12.1 Å². The third-order valence-corrected chi connectivity index (χ3v) is 5.77. The Morgan fingerprint density at radius 1 is 1.12 bits per heavy atom. The second kappa shape index (κ2) is 7.89. The third kappa shape index (κ3) is 3.68. The first-order valence-electron chi connectivity index (χ1n) is 10.3. The van der Waals surface area contributed by atoms with Crippen molar-refractivity contribution >= 4 is 34.3 Å². The molecule has 1 atom stereocenters. The number of aromatic nitrogens is 5. The van der Waals surface area contributed by atoms with E-state index in [1.807, 2.05) is 30.4 Å². The molecule has 0 spiro atoms. The maximum Gasteiger partial charge on any atom is 0.278 e. The van der Waals surface area contributed by atoms with Crippen LogP contribution in [0.25, 0.3) is 16.9 Å². The van der Waals surface area contributed by atoms with Gasteiger partial charge in [-0.05, 0) is 56.2 Å². The Balaban J connectivity index is 1.70. The molecule has 2 bridgehead atoms. The number of pyridine rings is 1. The first-order valence-corrected chi connectivity index (χ1v) is 10.7. The number of fused-ring (bicyclic) bond motifs is 6. The Hall–Kier alpha value is -3.49. The van der Waals surface area contributed by atoms with Gasteiger partial charge in [-0.1, -0.05) is 29.8 Å². The Morgan fingerprint density at radius 2 is 1.94 bits per heavy atom. The zero-order chi connectivity index (χ0) is 22.3. The van der Waals surface area contributed by atoms with Crippen LogP contribution >= 0.6 is 11.6 Å². The molecule has 162 valence electrons. The van der Waals surface area contributed by atoms with Gasteiger partial charge in [0.2, 0.25) is 5.95 Å². The van der Waals surface area contributed by atoms with Crippen LogP contribution in [-0.4, -0.2) is 29.4 Å². The molecule has 1 aliphatic rings. The molecule has 3 aromatic heterocycles. The molecule has 0 fully saturated rings. The number of rotatable bonds is 2. The number of halogens is 1. The average Bonchev–Trinajstić information content (AvgIpc) is 3.05. The van der Waals surface area contributed by atoms with Crippen molar-refractivity contribution in [1.29, 1.82) is 0 Å². The number of nitrogens with one attached hydrogen (secondary N) is 1. The number of anilines is 2. The van der Waals surface area contributed by atoms with Gasteiger partial charge in [0.25, 0.3) is 5.56 Å². The molecule has 0 saturated carbocycles. The zero-order valence-corrected chi connectivity index (χ0v) is 18.1. The van der Waals surface area contributed by atoms with E-state index in [-0.39, 0.29) is 5.56 Å². The molecule has 1 aliphatic heterocycles. The molecule has 0 aliphatic carbocycles. The van der Waals surface area contributed by atoms with E-state index >= 15 is 0 Å². The summed E-state index contributed by atoms with van der Waals surface area (Å²) in [5.41, 5.74) is 0.445. The topological polar surface area (TPSA) is 97.9 Å². The molecule has 0 radical (unpaired) electrons. The Morgan fingerprint density at radius 3 is 2.75 bits per heavy atom. The number of aliphatic hydroxyl groups is 1. The zero-order valence-electron chi connectivity index (χ0n) is 17.4. The Kier molecular flexibility index (Phi) is 5.03. The third-order valence-electron chi connectivity index (χ3n) is 5.52. The predicted octanol–water partition coefficient (Wildman–Crippen LogP) is 3.93. The summed E-state index contributed by atoms with van der Waals surface area (Å²) in [4.78, 5) is 26.8. The van der Waals surface area contributed by atoms with E-state index < -0.39 is 5.60 Å². The number of nitrogens with zero attached hydrogens (tertiary/aromatic N) is 5. The molecule has 0 amide bonds. The molecule has 8 nitrogen and oxygen atoms in total. The van der Waals surface area contributed by atoms with Gasteiger partial charge in [0.1, 0.15) is 11.0 Å². The summed E-state index contributed by atoms with van der Waals surface area (Å²) in [6.45, 7) is 2.10. The van der Waals surface area contributed by atoms with Crippen LogP contribution in [0.1, 0.15) is 25.5 Å². The summed E-state index contributed by atoms with van der Waals surface area (Å²) in [7, 11) is 0. The van der Waals surface area contributed by atoms with Crippen LogP contribution in [0.15, 0.2) is 65.6 Å². The van der Waals surface area contributed by atoms with Crippen molar-refractivity contribution in [2.75, 3.05) is 5.32 Å². The first-order chi connectivity index (χ1) is 15.4. The fraction of sp³-hybridized carbons (Fsp3) is 0.217. The van der Waals surface area contributed by atoms with E-state index in [9.17, 15) is 9.90 Å². The molecule has 2 N–H and O–H groups in total. The molecule has 5 rings (SSSR count). The maximum atomic E-state index is 13.2. The fourth-order valence-electron chi connectivity index (χ4n) is 3.77. The lowest BCUT2D eigenvalue weighted by Crippen LogP contribution is -2.24. The minimum atomic E-state index is -1.09. The van der Waals surface area contributed by atoms with Crippen molar-refractivity contribution in [3.8, 4) is 5.82 Å². The SMILES string of the molecule is C[C@]1(O)CC/C=C\Cn2c(=O)c3cnc(Nc4ccc(Cl)cc4)nc3n2-c2cccc1n2. The second-order valence-corrected chi connectivity index (χ2v) is 8.36. The largest absolute Gasteiger partial charge is 0.384 e. The van der Waals surface area contributed by atoms with Crippen LogP contribution in [0.3, 0.4) is 0 Å². The molecular weight excluding hydrogens is 428 g/mol. The first kappa shape index (κ1) is 20.4. The van der Waals surface area contributed by atoms with Crippen molar-refractivity contribution in [2.24, 2.45) is 0 Å². The summed E-state index contributed by atoms with van der Waals surface area (Å²) < 4.78 is 3.26. The Bertz CT molecular complexity index is 1390. The lowest BCUT2D eigenvalue weighted by atomic mass is 9.95. The van der Waals surface area contributed by atoms with Crippen LogP contribution in [0.5, 0.6) is 0 Å². The summed E-state index contributed by atoms with van der Waals surface area (Å²) in [6.07, 6.45) is 6.60. The van der Waals surface area contributed by atoms with Crippen molar-refractivity contribution in [2.45, 2.75) is 31.9 Å². The number of allylic oxidation sites excluding steroid dienone is 2. The molecule has 0 unspecified atom stereocenters. The van der Waals surface area contributed by atoms with E-state index in [1.165, 1.54) is 6.20 Å². The average molecular weight is 449 g/mol. The minimum Gasteiger partial charge on any atom is -0.384 e. The van der Waals surface area contributed by atoms with E-state index in [4.69, 9.17) is 11.6 Å². The smallest absolute Gasteiger partial charge is 0.278 e. The highest BCUT2D eigenvalue weighted by Gasteiger charge is 2.26. The second-order valence-electron chi connectivity index (χ2n) is 7.93. The molecule has 4 heterocycles. The highest BCUT2D eigenvalue weighted by Crippen LogP contribution is 2.27. The molecule has 9 heteroatoms. The molecule has 1 aromatic carbocycles. The van der Waals surface area contributed by atoms with Crippen LogP contribution < -0.4 is 10.9 Å². The van der Waals surface area contributed by atoms with Gasteiger partial charge in [-0.2, -0.15) is 4.98 Å². The monoisotopic (exact) mass is 448 g/mol. The van der Waals surface area contributed by atoms with Gasteiger partial charge < -0.3 is 10.4 Å². The predicted molar refractivity (Wildman–Crippen MR) is 124 cm³/mol. The van der Waals surface area contributed by atoms with Gasteiger partial charge in [-0.3, -0.25) is 4.79 Å². The minimum absolute atomic E-state index is 0.207. The van der Waals surface area contributed by atoms with Gasteiger partial charge in [0.05, 0.1) is 12.2 Å². The standard InChI is InChI=1S/C23H21ClN6O2/c1-23(32)12-3-2-4-13-29-21(31)17-14-25-22(26-16-10-8-15(24)9-11-16)28-20(17)30(29)19-7-5-6-18(23)27-19/h2,4-11,14,32H,3,12-13H2,1H3,(H,25,26,28)/b4-2-/t23-/m0/s1.